The minimum Gasteiger partial charge on any atom is -0.236 e. The van der Waals surface area contributed by atoms with Crippen LogP contribution in [0.3, 0.4) is 0 Å². The summed E-state index contributed by atoms with van der Waals surface area (Å²) in [4.78, 5) is 8.66. The molecule has 4 heteroatoms. The summed E-state index contributed by atoms with van der Waals surface area (Å²) in [5.41, 5.74) is 3.00. The average molecular weight is 336 g/mol. The van der Waals surface area contributed by atoms with Gasteiger partial charge in [0.15, 0.2) is 17.5 Å². The first kappa shape index (κ1) is 17.0. The molecule has 0 aliphatic rings. The molecule has 3 aromatic rings. The number of allylic oxidation sites excluding steroid dienone is 1. The lowest BCUT2D eigenvalue weighted by Gasteiger charge is -2.08. The van der Waals surface area contributed by atoms with Crippen LogP contribution in [0.15, 0.2) is 54.9 Å². The fourth-order valence-electron chi connectivity index (χ4n) is 2.65. The van der Waals surface area contributed by atoms with Gasteiger partial charge in [0.1, 0.15) is 0 Å². The SMILES string of the molecule is CC=Cc1cnc(-c2ccc(-c3ccc(CC)c(F)c3F)cc2)nc1. The minimum atomic E-state index is -0.806. The molecule has 0 amide bonds. The zero-order valence-electron chi connectivity index (χ0n) is 14.1. The van der Waals surface area contributed by atoms with Crippen molar-refractivity contribution in [1.29, 1.82) is 0 Å². The molecule has 1 heterocycles. The third-order valence-electron chi connectivity index (χ3n) is 4.03. The second-order valence-corrected chi connectivity index (χ2v) is 5.67. The molecule has 0 unspecified atom stereocenters. The van der Waals surface area contributed by atoms with Crippen LogP contribution in [0.1, 0.15) is 25.0 Å². The molecular formula is C21H18F2N2. The number of hydrogen-bond donors (Lipinski definition) is 0. The fourth-order valence-corrected chi connectivity index (χ4v) is 2.65. The monoisotopic (exact) mass is 336 g/mol. The molecule has 0 saturated carbocycles. The van der Waals surface area contributed by atoms with Crippen LogP contribution in [0.4, 0.5) is 8.78 Å². The predicted octanol–water partition coefficient (Wildman–Crippen LogP) is 5.68. The Bertz CT molecular complexity index is 898. The molecule has 0 saturated heterocycles. The van der Waals surface area contributed by atoms with Crippen molar-refractivity contribution in [2.24, 2.45) is 0 Å². The minimum absolute atomic E-state index is 0.255. The normalized spacial score (nSPS) is 11.2. The highest BCUT2D eigenvalue weighted by Gasteiger charge is 2.14. The number of aryl methyl sites for hydroxylation is 1. The van der Waals surface area contributed by atoms with Crippen LogP contribution in [0.25, 0.3) is 28.6 Å². The van der Waals surface area contributed by atoms with Crippen molar-refractivity contribution in [3.8, 4) is 22.5 Å². The van der Waals surface area contributed by atoms with Gasteiger partial charge in [-0.3, -0.25) is 0 Å². The summed E-state index contributed by atoms with van der Waals surface area (Å²) in [5, 5.41) is 0. The summed E-state index contributed by atoms with van der Waals surface area (Å²) in [6.07, 6.45) is 7.79. The van der Waals surface area contributed by atoms with Gasteiger partial charge in [0.25, 0.3) is 0 Å². The summed E-state index contributed by atoms with van der Waals surface area (Å²) in [5.74, 6) is -0.987. The van der Waals surface area contributed by atoms with E-state index in [1.165, 1.54) is 0 Å². The first-order chi connectivity index (χ1) is 12.1. The Labute approximate surface area is 145 Å². The van der Waals surface area contributed by atoms with Crippen LogP contribution in [-0.4, -0.2) is 9.97 Å². The van der Waals surface area contributed by atoms with E-state index in [4.69, 9.17) is 0 Å². The highest BCUT2D eigenvalue weighted by molar-refractivity contribution is 5.68. The maximum absolute atomic E-state index is 14.3. The van der Waals surface area contributed by atoms with E-state index in [1.807, 2.05) is 31.2 Å². The van der Waals surface area contributed by atoms with Crippen LogP contribution in [0.5, 0.6) is 0 Å². The molecule has 0 aliphatic heterocycles. The topological polar surface area (TPSA) is 25.8 Å². The standard InChI is InChI=1S/C21H18F2N2/c1-3-5-14-12-24-21(25-13-14)17-8-6-16(7-9-17)18-11-10-15(4-2)19(22)20(18)23/h3,5-13H,4H2,1-2H3. The summed E-state index contributed by atoms with van der Waals surface area (Å²) in [7, 11) is 0. The Morgan fingerprint density at radius 2 is 1.52 bits per heavy atom. The summed E-state index contributed by atoms with van der Waals surface area (Å²) in [6.45, 7) is 3.73. The third-order valence-corrected chi connectivity index (χ3v) is 4.03. The first-order valence-electron chi connectivity index (χ1n) is 8.16. The molecular weight excluding hydrogens is 318 g/mol. The summed E-state index contributed by atoms with van der Waals surface area (Å²) < 4.78 is 28.3. The van der Waals surface area contributed by atoms with Gasteiger partial charge in [-0.25, -0.2) is 18.7 Å². The van der Waals surface area contributed by atoms with E-state index in [1.54, 1.807) is 43.6 Å². The van der Waals surface area contributed by atoms with Crippen molar-refractivity contribution >= 4 is 6.08 Å². The maximum Gasteiger partial charge on any atom is 0.166 e. The largest absolute Gasteiger partial charge is 0.236 e. The van der Waals surface area contributed by atoms with Gasteiger partial charge in [0.2, 0.25) is 0 Å². The Kier molecular flexibility index (Phi) is 4.98. The van der Waals surface area contributed by atoms with Gasteiger partial charge in [-0.15, -0.1) is 0 Å². The molecule has 1 aromatic heterocycles. The van der Waals surface area contributed by atoms with E-state index in [0.29, 0.717) is 23.4 Å². The van der Waals surface area contributed by atoms with E-state index in [9.17, 15) is 8.78 Å². The molecule has 0 N–H and O–H groups in total. The van der Waals surface area contributed by atoms with Crippen molar-refractivity contribution in [2.75, 3.05) is 0 Å². The van der Waals surface area contributed by atoms with Crippen LogP contribution in [0, 0.1) is 11.6 Å². The molecule has 0 spiro atoms. The number of benzene rings is 2. The molecule has 0 fully saturated rings. The number of aromatic nitrogens is 2. The smallest absolute Gasteiger partial charge is 0.166 e. The van der Waals surface area contributed by atoms with E-state index in [-0.39, 0.29) is 5.56 Å². The molecule has 2 aromatic carbocycles. The predicted molar refractivity (Wildman–Crippen MR) is 96.9 cm³/mol. The number of halogens is 2. The molecule has 3 rings (SSSR count). The van der Waals surface area contributed by atoms with E-state index in [2.05, 4.69) is 9.97 Å². The van der Waals surface area contributed by atoms with E-state index < -0.39 is 11.6 Å². The van der Waals surface area contributed by atoms with Crippen molar-refractivity contribution in [2.45, 2.75) is 20.3 Å². The van der Waals surface area contributed by atoms with Crippen LogP contribution in [-0.2, 0) is 6.42 Å². The Morgan fingerprint density at radius 1 is 0.880 bits per heavy atom. The molecule has 0 bridgehead atoms. The second-order valence-electron chi connectivity index (χ2n) is 5.67. The van der Waals surface area contributed by atoms with Gasteiger partial charge in [0.05, 0.1) is 0 Å². The van der Waals surface area contributed by atoms with Gasteiger partial charge in [-0.05, 0) is 24.5 Å². The highest BCUT2D eigenvalue weighted by atomic mass is 19.2. The van der Waals surface area contributed by atoms with Crippen molar-refractivity contribution in [1.82, 2.24) is 9.97 Å². The highest BCUT2D eigenvalue weighted by Crippen LogP contribution is 2.28. The summed E-state index contributed by atoms with van der Waals surface area (Å²) in [6, 6.07) is 10.4. The number of rotatable bonds is 4. The van der Waals surface area contributed by atoms with Gasteiger partial charge >= 0.3 is 0 Å². The van der Waals surface area contributed by atoms with Gasteiger partial charge in [0, 0.05) is 29.1 Å². The quantitative estimate of drug-likeness (QED) is 0.612. The van der Waals surface area contributed by atoms with Crippen LogP contribution < -0.4 is 0 Å². The van der Waals surface area contributed by atoms with E-state index >= 15 is 0 Å². The Balaban J connectivity index is 1.91. The molecule has 0 radical (unpaired) electrons. The molecule has 2 nitrogen and oxygen atoms in total. The van der Waals surface area contributed by atoms with Crippen molar-refractivity contribution in [3.05, 3.63) is 77.6 Å². The fraction of sp³-hybridized carbons (Fsp3) is 0.143. The molecule has 126 valence electrons. The van der Waals surface area contributed by atoms with Crippen LogP contribution in [0.2, 0.25) is 0 Å². The van der Waals surface area contributed by atoms with Gasteiger partial charge in [-0.1, -0.05) is 55.5 Å². The zero-order chi connectivity index (χ0) is 17.8. The van der Waals surface area contributed by atoms with Gasteiger partial charge < -0.3 is 0 Å². The Morgan fingerprint density at radius 3 is 2.12 bits per heavy atom. The lowest BCUT2D eigenvalue weighted by Crippen LogP contribution is -1.96. The lowest BCUT2D eigenvalue weighted by molar-refractivity contribution is 0.502. The molecule has 25 heavy (non-hydrogen) atoms. The Hall–Kier alpha value is -2.88. The van der Waals surface area contributed by atoms with E-state index in [0.717, 1.165) is 11.1 Å². The van der Waals surface area contributed by atoms with Gasteiger partial charge in [-0.2, -0.15) is 0 Å². The lowest BCUT2D eigenvalue weighted by atomic mass is 10.0. The first-order valence-corrected chi connectivity index (χ1v) is 8.16. The maximum atomic E-state index is 14.3. The molecule has 0 aliphatic carbocycles. The number of nitrogens with zero attached hydrogens (tertiary/aromatic N) is 2. The average Bonchev–Trinajstić information content (AvgIpc) is 2.65. The summed E-state index contributed by atoms with van der Waals surface area (Å²) >= 11 is 0. The van der Waals surface area contributed by atoms with Crippen molar-refractivity contribution in [3.63, 3.8) is 0 Å². The molecule has 0 atom stereocenters. The number of hydrogen-bond acceptors (Lipinski definition) is 2. The third kappa shape index (κ3) is 3.48. The van der Waals surface area contributed by atoms with Crippen molar-refractivity contribution < 1.29 is 8.78 Å². The van der Waals surface area contributed by atoms with Crippen LogP contribution >= 0.6 is 0 Å². The second kappa shape index (κ2) is 7.34. The zero-order valence-corrected chi connectivity index (χ0v) is 14.1.